The van der Waals surface area contributed by atoms with Gasteiger partial charge in [0.25, 0.3) is 0 Å². The van der Waals surface area contributed by atoms with Crippen molar-refractivity contribution < 1.29 is 19.0 Å². The molecule has 1 aromatic rings. The SMILES string of the molecule is COc1ccc(OCCCC(=O)NCC(C)N2CCOCC2)cc1. The molecule has 0 radical (unpaired) electrons. The Labute approximate surface area is 144 Å². The summed E-state index contributed by atoms with van der Waals surface area (Å²) in [6, 6.07) is 7.78. The topological polar surface area (TPSA) is 60.0 Å². The molecule has 1 amide bonds. The van der Waals surface area contributed by atoms with Gasteiger partial charge in [0.1, 0.15) is 11.5 Å². The molecule has 0 spiro atoms. The average molecular weight is 336 g/mol. The molecule has 1 aliphatic heterocycles. The first kappa shape index (κ1) is 18.5. The second-order valence-electron chi connectivity index (χ2n) is 5.93. The lowest BCUT2D eigenvalue weighted by molar-refractivity contribution is -0.121. The molecular weight excluding hydrogens is 308 g/mol. The third-order valence-electron chi connectivity index (χ3n) is 4.14. The van der Waals surface area contributed by atoms with Gasteiger partial charge in [-0.1, -0.05) is 0 Å². The zero-order chi connectivity index (χ0) is 17.2. The Morgan fingerprint density at radius 1 is 1.25 bits per heavy atom. The van der Waals surface area contributed by atoms with E-state index in [0.717, 1.165) is 37.8 Å². The Kier molecular flexibility index (Phi) is 7.85. The van der Waals surface area contributed by atoms with Crippen molar-refractivity contribution in [2.24, 2.45) is 0 Å². The maximum atomic E-state index is 11.9. The van der Waals surface area contributed by atoms with Crippen LogP contribution in [-0.2, 0) is 9.53 Å². The Morgan fingerprint density at radius 3 is 2.58 bits per heavy atom. The van der Waals surface area contributed by atoms with Gasteiger partial charge in [0.05, 0.1) is 26.9 Å². The van der Waals surface area contributed by atoms with Crippen LogP contribution in [0.15, 0.2) is 24.3 Å². The van der Waals surface area contributed by atoms with Gasteiger partial charge in [-0.05, 0) is 37.6 Å². The maximum Gasteiger partial charge on any atom is 0.220 e. The van der Waals surface area contributed by atoms with Crippen molar-refractivity contribution >= 4 is 5.91 Å². The summed E-state index contributed by atoms with van der Waals surface area (Å²) in [5, 5.41) is 3.00. The molecule has 134 valence electrons. The second kappa shape index (κ2) is 10.2. The van der Waals surface area contributed by atoms with Crippen molar-refractivity contribution in [1.82, 2.24) is 10.2 Å². The van der Waals surface area contributed by atoms with Crippen molar-refractivity contribution in [3.63, 3.8) is 0 Å². The number of methoxy groups -OCH3 is 1. The molecule has 1 aromatic carbocycles. The van der Waals surface area contributed by atoms with E-state index in [4.69, 9.17) is 14.2 Å². The quantitative estimate of drug-likeness (QED) is 0.696. The lowest BCUT2D eigenvalue weighted by atomic mass is 10.2. The number of nitrogens with one attached hydrogen (secondary N) is 1. The third kappa shape index (κ3) is 6.37. The third-order valence-corrected chi connectivity index (χ3v) is 4.14. The second-order valence-corrected chi connectivity index (χ2v) is 5.93. The molecule has 1 N–H and O–H groups in total. The van der Waals surface area contributed by atoms with Crippen molar-refractivity contribution in [1.29, 1.82) is 0 Å². The number of rotatable bonds is 9. The predicted molar refractivity (Wildman–Crippen MR) is 92.6 cm³/mol. The van der Waals surface area contributed by atoms with Crippen LogP contribution in [0.5, 0.6) is 11.5 Å². The van der Waals surface area contributed by atoms with E-state index in [0.29, 0.717) is 32.0 Å². The van der Waals surface area contributed by atoms with Crippen LogP contribution < -0.4 is 14.8 Å². The zero-order valence-electron chi connectivity index (χ0n) is 14.6. The highest BCUT2D eigenvalue weighted by atomic mass is 16.5. The van der Waals surface area contributed by atoms with E-state index in [1.807, 2.05) is 24.3 Å². The maximum absolute atomic E-state index is 11.9. The summed E-state index contributed by atoms with van der Waals surface area (Å²) in [5.74, 6) is 1.67. The smallest absolute Gasteiger partial charge is 0.220 e. The Bertz CT molecular complexity index is 486. The summed E-state index contributed by atoms with van der Waals surface area (Å²) in [6.45, 7) is 6.77. The minimum atomic E-state index is 0.0773. The Balaban J connectivity index is 1.55. The highest BCUT2D eigenvalue weighted by molar-refractivity contribution is 5.75. The summed E-state index contributed by atoms with van der Waals surface area (Å²) in [7, 11) is 1.63. The molecule has 2 rings (SSSR count). The van der Waals surface area contributed by atoms with E-state index in [1.165, 1.54) is 0 Å². The first-order chi connectivity index (χ1) is 11.7. The molecule has 24 heavy (non-hydrogen) atoms. The van der Waals surface area contributed by atoms with Gasteiger partial charge in [0.15, 0.2) is 0 Å². The molecule has 1 unspecified atom stereocenters. The molecule has 0 aliphatic carbocycles. The van der Waals surface area contributed by atoms with Crippen molar-refractivity contribution in [3.8, 4) is 11.5 Å². The van der Waals surface area contributed by atoms with Crippen molar-refractivity contribution in [3.05, 3.63) is 24.3 Å². The van der Waals surface area contributed by atoms with E-state index < -0.39 is 0 Å². The predicted octanol–water partition coefficient (Wildman–Crippen LogP) is 1.69. The number of benzene rings is 1. The molecule has 1 heterocycles. The first-order valence-electron chi connectivity index (χ1n) is 8.54. The molecule has 1 atom stereocenters. The zero-order valence-corrected chi connectivity index (χ0v) is 14.6. The van der Waals surface area contributed by atoms with Gasteiger partial charge in [-0.25, -0.2) is 0 Å². The van der Waals surface area contributed by atoms with Gasteiger partial charge in [0, 0.05) is 32.1 Å². The molecule has 1 fully saturated rings. The number of hydrogen-bond donors (Lipinski definition) is 1. The molecule has 6 nitrogen and oxygen atoms in total. The van der Waals surface area contributed by atoms with Gasteiger partial charge < -0.3 is 19.5 Å². The summed E-state index contributed by atoms with van der Waals surface area (Å²) in [4.78, 5) is 14.2. The standard InChI is InChI=1S/C18H28N2O4/c1-15(20-9-12-23-13-10-20)14-19-18(21)4-3-11-24-17-7-5-16(22-2)6-8-17/h5-8,15H,3-4,9-14H2,1-2H3,(H,19,21). The van der Waals surface area contributed by atoms with Crippen LogP contribution in [0.3, 0.4) is 0 Å². The number of ether oxygens (including phenoxy) is 3. The molecular formula is C18H28N2O4. The van der Waals surface area contributed by atoms with E-state index in [9.17, 15) is 4.79 Å². The van der Waals surface area contributed by atoms with Crippen molar-refractivity contribution in [2.75, 3.05) is 46.6 Å². The van der Waals surface area contributed by atoms with Gasteiger partial charge in [-0.15, -0.1) is 0 Å². The summed E-state index contributed by atoms with van der Waals surface area (Å²) < 4.78 is 16.1. The highest BCUT2D eigenvalue weighted by Gasteiger charge is 2.17. The average Bonchev–Trinajstić information content (AvgIpc) is 2.64. The Hall–Kier alpha value is -1.79. The van der Waals surface area contributed by atoms with E-state index in [1.54, 1.807) is 7.11 Å². The summed E-state index contributed by atoms with van der Waals surface area (Å²) in [6.07, 6.45) is 1.18. The number of hydrogen-bond acceptors (Lipinski definition) is 5. The number of amides is 1. The highest BCUT2D eigenvalue weighted by Crippen LogP contribution is 2.17. The monoisotopic (exact) mass is 336 g/mol. The normalized spacial score (nSPS) is 16.4. The lowest BCUT2D eigenvalue weighted by Crippen LogP contribution is -2.47. The molecule has 1 saturated heterocycles. The minimum Gasteiger partial charge on any atom is -0.497 e. The van der Waals surface area contributed by atoms with Crippen LogP contribution in [0, 0.1) is 0 Å². The summed E-state index contributed by atoms with van der Waals surface area (Å²) >= 11 is 0. The number of morpholine rings is 1. The van der Waals surface area contributed by atoms with Crippen LogP contribution >= 0.6 is 0 Å². The van der Waals surface area contributed by atoms with Crippen LogP contribution in [-0.4, -0.2) is 63.4 Å². The lowest BCUT2D eigenvalue weighted by Gasteiger charge is -2.32. The molecule has 0 bridgehead atoms. The summed E-state index contributed by atoms with van der Waals surface area (Å²) in [5.41, 5.74) is 0. The fourth-order valence-corrected chi connectivity index (χ4v) is 2.59. The van der Waals surface area contributed by atoms with E-state index >= 15 is 0 Å². The number of nitrogens with zero attached hydrogens (tertiary/aromatic N) is 1. The largest absolute Gasteiger partial charge is 0.497 e. The molecule has 0 aromatic heterocycles. The molecule has 6 heteroatoms. The van der Waals surface area contributed by atoms with E-state index in [2.05, 4.69) is 17.1 Å². The van der Waals surface area contributed by atoms with Crippen molar-refractivity contribution in [2.45, 2.75) is 25.8 Å². The minimum absolute atomic E-state index is 0.0773. The Morgan fingerprint density at radius 2 is 1.92 bits per heavy atom. The number of carbonyl (C=O) groups excluding carboxylic acids is 1. The first-order valence-corrected chi connectivity index (χ1v) is 8.54. The van der Waals surface area contributed by atoms with E-state index in [-0.39, 0.29) is 5.91 Å². The van der Waals surface area contributed by atoms with Gasteiger partial charge in [-0.2, -0.15) is 0 Å². The van der Waals surface area contributed by atoms with Crippen LogP contribution in [0.25, 0.3) is 0 Å². The fourth-order valence-electron chi connectivity index (χ4n) is 2.59. The van der Waals surface area contributed by atoms with Gasteiger partial charge in [0.2, 0.25) is 5.91 Å². The molecule has 1 aliphatic rings. The number of carbonyl (C=O) groups is 1. The van der Waals surface area contributed by atoms with Crippen LogP contribution in [0.1, 0.15) is 19.8 Å². The van der Waals surface area contributed by atoms with Crippen LogP contribution in [0.2, 0.25) is 0 Å². The van der Waals surface area contributed by atoms with Gasteiger partial charge in [-0.3, -0.25) is 9.69 Å². The van der Waals surface area contributed by atoms with Crippen LogP contribution in [0.4, 0.5) is 0 Å². The molecule has 0 saturated carbocycles. The fraction of sp³-hybridized carbons (Fsp3) is 0.611. The van der Waals surface area contributed by atoms with Gasteiger partial charge >= 0.3 is 0 Å².